The van der Waals surface area contributed by atoms with Gasteiger partial charge in [0.25, 0.3) is 0 Å². The Morgan fingerprint density at radius 2 is 1.94 bits per heavy atom. The lowest BCUT2D eigenvalue weighted by molar-refractivity contribution is -0.241. The zero-order valence-electron chi connectivity index (χ0n) is 19.7. The number of fused-ring (bicyclic) bond motifs is 4. The highest BCUT2D eigenvalue weighted by molar-refractivity contribution is 5.66. The van der Waals surface area contributed by atoms with Crippen LogP contribution in [0, 0.1) is 23.2 Å². The average molecular weight is 453 g/mol. The summed E-state index contributed by atoms with van der Waals surface area (Å²) in [6, 6.07) is 11.0. The summed E-state index contributed by atoms with van der Waals surface area (Å²) in [6.07, 6.45) is 2.18. The molecule has 2 aromatic rings. The van der Waals surface area contributed by atoms with Crippen LogP contribution in [-0.4, -0.2) is 22.8 Å². The largest absolute Gasteiger partial charge is 0.482 e. The molecule has 6 heteroatoms. The second kappa shape index (κ2) is 7.73. The summed E-state index contributed by atoms with van der Waals surface area (Å²) in [5.41, 5.74) is -0.901. The minimum atomic E-state index is -1.07. The Morgan fingerprint density at radius 1 is 1.21 bits per heavy atom. The summed E-state index contributed by atoms with van der Waals surface area (Å²) in [5.74, 6) is 0.589. The van der Waals surface area contributed by atoms with Crippen molar-refractivity contribution in [1.29, 1.82) is 0 Å². The lowest BCUT2D eigenvalue weighted by Gasteiger charge is -2.63. The van der Waals surface area contributed by atoms with Gasteiger partial charge in [-0.25, -0.2) is 4.79 Å². The third kappa shape index (κ3) is 3.33. The Labute approximate surface area is 193 Å². The topological polar surface area (TPSA) is 86.0 Å². The van der Waals surface area contributed by atoms with E-state index in [1.165, 1.54) is 6.92 Å². The number of hydrogen-bond acceptors (Lipinski definition) is 6. The predicted octanol–water partition coefficient (Wildman–Crippen LogP) is 4.89. The molecule has 5 rings (SSSR count). The molecule has 1 aromatic carbocycles. The van der Waals surface area contributed by atoms with Crippen LogP contribution in [0.2, 0.25) is 0 Å². The normalized spacial score (nSPS) is 37.2. The van der Waals surface area contributed by atoms with Crippen LogP contribution in [0.5, 0.6) is 5.75 Å². The molecule has 2 heterocycles. The molecular weight excluding hydrogens is 420 g/mol. The Kier molecular flexibility index (Phi) is 5.20. The average Bonchev–Trinajstić information content (AvgIpc) is 2.74. The van der Waals surface area contributed by atoms with Crippen molar-refractivity contribution in [2.24, 2.45) is 23.2 Å². The predicted molar refractivity (Wildman–Crippen MR) is 123 cm³/mol. The van der Waals surface area contributed by atoms with Gasteiger partial charge in [0, 0.05) is 24.5 Å². The van der Waals surface area contributed by atoms with E-state index >= 15 is 0 Å². The van der Waals surface area contributed by atoms with Crippen molar-refractivity contribution in [1.82, 2.24) is 0 Å². The molecular formula is C27H32O6. The number of carbonyl (C=O) groups excluding carboxylic acids is 1. The summed E-state index contributed by atoms with van der Waals surface area (Å²) in [6.45, 7) is 7.78. The van der Waals surface area contributed by atoms with Crippen LogP contribution in [0.4, 0.5) is 0 Å². The van der Waals surface area contributed by atoms with E-state index in [0.29, 0.717) is 23.8 Å². The van der Waals surface area contributed by atoms with Crippen molar-refractivity contribution >= 4 is 5.97 Å². The first-order valence-electron chi connectivity index (χ1n) is 11.9. The number of ether oxygens (including phenoxy) is 2. The fourth-order valence-corrected chi connectivity index (χ4v) is 7.20. The number of aliphatic hydroxyl groups excluding tert-OH is 1. The fraction of sp³-hybridized carbons (Fsp3) is 0.556. The molecule has 0 amide bonds. The highest BCUT2D eigenvalue weighted by Crippen LogP contribution is 2.64. The molecule has 0 spiro atoms. The third-order valence-corrected chi connectivity index (χ3v) is 8.60. The molecule has 2 fully saturated rings. The van der Waals surface area contributed by atoms with E-state index in [9.17, 15) is 14.7 Å². The number of carbonyl (C=O) groups is 1. The Balaban J connectivity index is 1.67. The zero-order valence-corrected chi connectivity index (χ0v) is 19.7. The number of aliphatic hydroxyl groups is 1. The molecule has 2 saturated carbocycles. The summed E-state index contributed by atoms with van der Waals surface area (Å²) in [5, 5.41) is 11.7. The maximum absolute atomic E-state index is 13.1. The van der Waals surface area contributed by atoms with Crippen LogP contribution < -0.4 is 10.4 Å². The third-order valence-electron chi connectivity index (χ3n) is 8.60. The van der Waals surface area contributed by atoms with Crippen LogP contribution in [0.25, 0.3) is 11.3 Å². The van der Waals surface area contributed by atoms with Gasteiger partial charge in [-0.1, -0.05) is 57.0 Å². The van der Waals surface area contributed by atoms with E-state index in [2.05, 4.69) is 13.8 Å². The minimum absolute atomic E-state index is 0.166. The van der Waals surface area contributed by atoms with Gasteiger partial charge in [-0.15, -0.1) is 0 Å². The summed E-state index contributed by atoms with van der Waals surface area (Å²) in [4.78, 5) is 25.2. The highest BCUT2D eigenvalue weighted by atomic mass is 16.6. The fourth-order valence-electron chi connectivity index (χ4n) is 7.20. The van der Waals surface area contributed by atoms with E-state index in [0.717, 1.165) is 24.8 Å². The highest BCUT2D eigenvalue weighted by Gasteiger charge is 2.66. The van der Waals surface area contributed by atoms with E-state index in [1.54, 1.807) is 6.07 Å². The smallest absolute Gasteiger partial charge is 0.345 e. The first-order chi connectivity index (χ1) is 15.6. The molecule has 33 heavy (non-hydrogen) atoms. The first-order valence-corrected chi connectivity index (χ1v) is 11.9. The maximum Gasteiger partial charge on any atom is 0.345 e. The Morgan fingerprint density at radius 3 is 2.64 bits per heavy atom. The molecule has 1 N–H and O–H groups in total. The molecule has 6 nitrogen and oxygen atoms in total. The molecule has 1 aliphatic heterocycles. The monoisotopic (exact) mass is 452 g/mol. The van der Waals surface area contributed by atoms with Gasteiger partial charge >= 0.3 is 11.6 Å². The summed E-state index contributed by atoms with van der Waals surface area (Å²) in [7, 11) is 0. The number of benzene rings is 1. The lowest BCUT2D eigenvalue weighted by atomic mass is 9.46. The molecule has 176 valence electrons. The summed E-state index contributed by atoms with van der Waals surface area (Å²) < 4.78 is 18.1. The number of hydrogen-bond donors (Lipinski definition) is 1. The van der Waals surface area contributed by atoms with Gasteiger partial charge in [-0.05, 0) is 37.0 Å². The summed E-state index contributed by atoms with van der Waals surface area (Å²) >= 11 is 0. The van der Waals surface area contributed by atoms with Crippen molar-refractivity contribution in [2.45, 2.75) is 71.2 Å². The first kappa shape index (κ1) is 22.2. The van der Waals surface area contributed by atoms with Crippen molar-refractivity contribution < 1.29 is 23.8 Å². The van der Waals surface area contributed by atoms with Crippen molar-refractivity contribution in [3.8, 4) is 17.1 Å². The van der Waals surface area contributed by atoms with Crippen LogP contribution >= 0.6 is 0 Å². The molecule has 3 aliphatic rings. The van der Waals surface area contributed by atoms with Crippen LogP contribution in [-0.2, 0) is 9.53 Å². The second-order valence-electron chi connectivity index (χ2n) is 10.6. The SMILES string of the molecule is CC(=O)O[C@H]1CC2[C@@H](C)CCC[C@]2(C)C2C(O)c3c(cc(-c4ccccc4)oc3=O)O[C@@]21C. The minimum Gasteiger partial charge on any atom is -0.482 e. The second-order valence-corrected chi connectivity index (χ2v) is 10.6. The van der Waals surface area contributed by atoms with Crippen LogP contribution in [0.1, 0.15) is 65.0 Å². The quantitative estimate of drug-likeness (QED) is 0.653. The molecule has 2 aliphatic carbocycles. The molecule has 0 bridgehead atoms. The van der Waals surface area contributed by atoms with Gasteiger partial charge in [0.1, 0.15) is 28.8 Å². The van der Waals surface area contributed by atoms with Crippen LogP contribution in [0.3, 0.4) is 0 Å². The maximum atomic E-state index is 13.1. The van der Waals surface area contributed by atoms with Crippen LogP contribution in [0.15, 0.2) is 45.6 Å². The van der Waals surface area contributed by atoms with E-state index < -0.39 is 29.4 Å². The zero-order chi connectivity index (χ0) is 23.5. The van der Waals surface area contributed by atoms with Crippen molar-refractivity contribution in [3.63, 3.8) is 0 Å². The van der Waals surface area contributed by atoms with Crippen molar-refractivity contribution in [3.05, 3.63) is 52.4 Å². The molecule has 0 radical (unpaired) electrons. The van der Waals surface area contributed by atoms with Gasteiger partial charge in [-0.2, -0.15) is 0 Å². The lowest BCUT2D eigenvalue weighted by Crippen LogP contribution is -2.68. The van der Waals surface area contributed by atoms with E-state index in [4.69, 9.17) is 13.9 Å². The standard InChI is InChI=1S/C27H32O6/c1-15-9-8-12-26(3)18(15)13-21(31-16(2)28)27(4)24(26)23(29)22-20(33-27)14-19(32-25(22)30)17-10-6-5-7-11-17/h5-7,10-11,14-15,18,21,23-24,29H,8-9,12-13H2,1-4H3/t15-,18?,21-,23?,24?,26-,27+/m0/s1. The Bertz CT molecular complexity index is 1120. The van der Waals surface area contributed by atoms with Gasteiger partial charge < -0.3 is 19.0 Å². The Hall–Kier alpha value is -2.60. The number of rotatable bonds is 2. The van der Waals surface area contributed by atoms with Gasteiger partial charge in [0.2, 0.25) is 0 Å². The van der Waals surface area contributed by atoms with Gasteiger partial charge in [0.05, 0.1) is 6.10 Å². The molecule has 0 saturated heterocycles. The van der Waals surface area contributed by atoms with Gasteiger partial charge in [-0.3, -0.25) is 4.79 Å². The van der Waals surface area contributed by atoms with E-state index in [1.807, 2.05) is 37.3 Å². The molecule has 7 atom stereocenters. The molecule has 1 aromatic heterocycles. The van der Waals surface area contributed by atoms with E-state index in [-0.39, 0.29) is 22.9 Å². The van der Waals surface area contributed by atoms with Gasteiger partial charge in [0.15, 0.2) is 0 Å². The van der Waals surface area contributed by atoms with Crippen molar-refractivity contribution in [2.75, 3.05) is 0 Å². The number of esters is 1. The molecule has 3 unspecified atom stereocenters.